The molecule has 5 nitrogen and oxygen atoms in total. The van der Waals surface area contributed by atoms with Gasteiger partial charge in [0.25, 0.3) is 0 Å². The molecule has 4 fully saturated rings. The Kier molecular flexibility index (Phi) is 5.61. The summed E-state index contributed by atoms with van der Waals surface area (Å²) in [6.07, 6.45) is 11.4. The van der Waals surface area contributed by atoms with Crippen molar-refractivity contribution in [1.29, 1.82) is 0 Å². The maximum absolute atomic E-state index is 12.2. The van der Waals surface area contributed by atoms with Crippen molar-refractivity contribution in [1.82, 2.24) is 10.6 Å². The van der Waals surface area contributed by atoms with E-state index in [1.807, 2.05) is 14.0 Å². The van der Waals surface area contributed by atoms with E-state index in [0.29, 0.717) is 34.8 Å². The summed E-state index contributed by atoms with van der Waals surface area (Å²) >= 11 is 0. The largest absolute Gasteiger partial charge is 0.377 e. The van der Waals surface area contributed by atoms with Gasteiger partial charge in [-0.15, -0.1) is 0 Å². The van der Waals surface area contributed by atoms with Crippen molar-refractivity contribution in [2.75, 3.05) is 19.4 Å². The van der Waals surface area contributed by atoms with Crippen LogP contribution in [-0.4, -0.2) is 53.0 Å². The first-order valence-electron chi connectivity index (χ1n) is 10.7. The lowest BCUT2D eigenvalue weighted by atomic mass is 9.54. The summed E-state index contributed by atoms with van der Waals surface area (Å²) in [5, 5.41) is 7.81. The molecule has 1 aliphatic heterocycles. The molecule has 3 saturated carbocycles. The van der Waals surface area contributed by atoms with Gasteiger partial charge in [0, 0.05) is 58.9 Å². The van der Waals surface area contributed by atoms with Gasteiger partial charge in [0.1, 0.15) is 0 Å². The van der Waals surface area contributed by atoms with Crippen LogP contribution in [0.4, 0.5) is 0 Å². The van der Waals surface area contributed by atoms with Crippen LogP contribution in [0.15, 0.2) is 4.99 Å². The van der Waals surface area contributed by atoms with Gasteiger partial charge in [-0.2, -0.15) is 0 Å². The SMILES string of the molecule is CCS(=O)C1CCCC(NC(=NC)NC2C3CCOC3C23CCCC3)C1. The molecule has 4 aliphatic rings. The maximum Gasteiger partial charge on any atom is 0.191 e. The minimum atomic E-state index is -0.680. The van der Waals surface area contributed by atoms with Gasteiger partial charge < -0.3 is 15.4 Å². The molecule has 3 aliphatic carbocycles. The van der Waals surface area contributed by atoms with Gasteiger partial charge in [-0.1, -0.05) is 26.2 Å². The summed E-state index contributed by atoms with van der Waals surface area (Å²) < 4.78 is 18.3. The van der Waals surface area contributed by atoms with E-state index < -0.39 is 10.8 Å². The van der Waals surface area contributed by atoms with Crippen molar-refractivity contribution in [3.8, 4) is 0 Å². The highest BCUT2D eigenvalue weighted by Gasteiger charge is 2.65. The van der Waals surface area contributed by atoms with Crippen molar-refractivity contribution in [2.45, 2.75) is 88.1 Å². The lowest BCUT2D eigenvalue weighted by Crippen LogP contribution is -2.69. The smallest absolute Gasteiger partial charge is 0.191 e. The molecular formula is C20H35N3O2S. The molecule has 1 saturated heterocycles. The highest BCUT2D eigenvalue weighted by Crippen LogP contribution is 2.60. The number of ether oxygens (including phenoxy) is 1. The minimum Gasteiger partial charge on any atom is -0.377 e. The normalized spacial score (nSPS) is 40.1. The zero-order valence-electron chi connectivity index (χ0n) is 16.3. The zero-order valence-corrected chi connectivity index (χ0v) is 17.2. The second-order valence-corrected chi connectivity index (χ2v) is 10.7. The number of nitrogens with one attached hydrogen (secondary N) is 2. The number of hydrogen-bond donors (Lipinski definition) is 2. The average molecular weight is 382 g/mol. The van der Waals surface area contributed by atoms with E-state index >= 15 is 0 Å². The Bertz CT molecular complexity index is 561. The maximum atomic E-state index is 12.2. The van der Waals surface area contributed by atoms with Crippen LogP contribution in [0.2, 0.25) is 0 Å². The summed E-state index contributed by atoms with van der Waals surface area (Å²) in [6.45, 7) is 2.96. The summed E-state index contributed by atoms with van der Waals surface area (Å²) in [4.78, 5) is 4.54. The van der Waals surface area contributed by atoms with E-state index in [9.17, 15) is 4.21 Å². The van der Waals surface area contributed by atoms with Gasteiger partial charge in [-0.3, -0.25) is 9.20 Å². The van der Waals surface area contributed by atoms with E-state index in [-0.39, 0.29) is 0 Å². The average Bonchev–Trinajstić information content (AvgIpc) is 3.33. The quantitative estimate of drug-likeness (QED) is 0.580. The Hall–Kier alpha value is -0.620. The molecule has 0 radical (unpaired) electrons. The molecule has 0 aromatic carbocycles. The first kappa shape index (κ1) is 18.7. The molecule has 26 heavy (non-hydrogen) atoms. The van der Waals surface area contributed by atoms with E-state index in [2.05, 4.69) is 15.6 Å². The van der Waals surface area contributed by atoms with Crippen LogP contribution in [0, 0.1) is 11.3 Å². The Morgan fingerprint density at radius 3 is 2.73 bits per heavy atom. The lowest BCUT2D eigenvalue weighted by Gasteiger charge is -2.57. The van der Waals surface area contributed by atoms with Crippen LogP contribution >= 0.6 is 0 Å². The predicted octanol–water partition coefficient (Wildman–Crippen LogP) is 2.58. The zero-order chi connectivity index (χ0) is 18.1. The fourth-order valence-electron chi connectivity index (χ4n) is 6.17. The molecule has 6 heteroatoms. The van der Waals surface area contributed by atoms with Crippen LogP contribution in [0.25, 0.3) is 0 Å². The summed E-state index contributed by atoms with van der Waals surface area (Å²) in [7, 11) is 1.20. The summed E-state index contributed by atoms with van der Waals surface area (Å²) in [5.41, 5.74) is 0.345. The Labute approximate surface area is 160 Å². The molecular weight excluding hydrogens is 346 g/mol. The number of aliphatic imine (C=N–C) groups is 1. The molecule has 148 valence electrons. The first-order valence-corrected chi connectivity index (χ1v) is 12.0. The van der Waals surface area contributed by atoms with Gasteiger partial charge >= 0.3 is 0 Å². The Morgan fingerprint density at radius 2 is 2.00 bits per heavy atom. The highest BCUT2D eigenvalue weighted by atomic mass is 32.2. The van der Waals surface area contributed by atoms with Crippen LogP contribution in [0.1, 0.15) is 64.7 Å². The summed E-state index contributed by atoms with van der Waals surface area (Å²) in [6, 6.07) is 0.901. The van der Waals surface area contributed by atoms with E-state index in [1.54, 1.807) is 0 Å². The third-order valence-electron chi connectivity index (χ3n) is 7.43. The van der Waals surface area contributed by atoms with Crippen LogP contribution in [-0.2, 0) is 15.5 Å². The molecule has 6 atom stereocenters. The van der Waals surface area contributed by atoms with Crippen molar-refractivity contribution in [2.24, 2.45) is 16.3 Å². The Morgan fingerprint density at radius 1 is 1.19 bits per heavy atom. The van der Waals surface area contributed by atoms with Crippen molar-refractivity contribution in [3.63, 3.8) is 0 Å². The minimum absolute atomic E-state index is 0.345. The van der Waals surface area contributed by atoms with E-state index in [4.69, 9.17) is 4.74 Å². The van der Waals surface area contributed by atoms with Gasteiger partial charge in [0.15, 0.2) is 5.96 Å². The molecule has 1 heterocycles. The molecule has 0 aromatic rings. The lowest BCUT2D eigenvalue weighted by molar-refractivity contribution is -0.125. The topological polar surface area (TPSA) is 62.7 Å². The van der Waals surface area contributed by atoms with Crippen LogP contribution in [0.5, 0.6) is 0 Å². The van der Waals surface area contributed by atoms with Crippen LogP contribution < -0.4 is 10.6 Å². The number of guanidine groups is 1. The van der Waals surface area contributed by atoms with Crippen molar-refractivity contribution >= 4 is 16.8 Å². The number of nitrogens with zero attached hydrogens (tertiary/aromatic N) is 1. The summed E-state index contributed by atoms with van der Waals surface area (Å²) in [5.74, 6) is 2.37. The molecule has 0 aromatic heterocycles. The third-order valence-corrected chi connectivity index (χ3v) is 9.17. The van der Waals surface area contributed by atoms with Gasteiger partial charge in [0.05, 0.1) is 6.10 Å². The molecule has 4 rings (SSSR count). The second-order valence-electron chi connectivity index (χ2n) is 8.68. The van der Waals surface area contributed by atoms with Gasteiger partial charge in [0.2, 0.25) is 0 Å². The fraction of sp³-hybridized carbons (Fsp3) is 0.950. The second kappa shape index (κ2) is 7.78. The van der Waals surface area contributed by atoms with Crippen LogP contribution in [0.3, 0.4) is 0 Å². The van der Waals surface area contributed by atoms with Crippen molar-refractivity contribution in [3.05, 3.63) is 0 Å². The third kappa shape index (κ3) is 3.21. The number of fused-ring (bicyclic) bond motifs is 2. The standard InChI is InChI=1S/C20H35N3O2S/c1-3-26(24)15-8-6-7-14(13-15)22-19(21-2)23-17-16-9-12-25-18(16)20(17)10-4-5-11-20/h14-18H,3-13H2,1-2H3,(H2,21,22,23). The monoisotopic (exact) mass is 381 g/mol. The molecule has 0 amide bonds. The van der Waals surface area contributed by atoms with Gasteiger partial charge in [-0.25, -0.2) is 0 Å². The molecule has 6 unspecified atom stereocenters. The van der Waals surface area contributed by atoms with E-state index in [0.717, 1.165) is 44.0 Å². The molecule has 2 N–H and O–H groups in total. The molecule has 0 bridgehead atoms. The predicted molar refractivity (Wildman–Crippen MR) is 107 cm³/mol. The van der Waals surface area contributed by atoms with E-state index in [1.165, 1.54) is 32.1 Å². The Balaban J connectivity index is 1.38. The number of hydrogen-bond acceptors (Lipinski definition) is 3. The molecule has 1 spiro atoms. The fourth-order valence-corrected chi connectivity index (χ4v) is 7.51. The number of rotatable bonds is 4. The highest BCUT2D eigenvalue weighted by molar-refractivity contribution is 7.85. The van der Waals surface area contributed by atoms with Gasteiger partial charge in [-0.05, 0) is 38.5 Å². The van der Waals surface area contributed by atoms with Crippen molar-refractivity contribution < 1.29 is 8.95 Å². The first-order chi connectivity index (χ1) is 12.7.